The molecular formula is C21H22ClN3O2. The first-order chi connectivity index (χ1) is 13.2. The highest BCUT2D eigenvalue weighted by Gasteiger charge is 2.19. The van der Waals surface area contributed by atoms with E-state index in [0.29, 0.717) is 10.9 Å². The number of nitrogens with zero attached hydrogens (tertiary/aromatic N) is 3. The zero-order valence-corrected chi connectivity index (χ0v) is 16.0. The molecule has 1 fully saturated rings. The maximum Gasteiger partial charge on any atom is 0.226 e. The summed E-state index contributed by atoms with van der Waals surface area (Å²) in [6, 6.07) is 15.8. The van der Waals surface area contributed by atoms with Gasteiger partial charge in [0.1, 0.15) is 12.0 Å². The summed E-state index contributed by atoms with van der Waals surface area (Å²) in [5, 5.41) is 0.682. The van der Waals surface area contributed by atoms with Crippen LogP contribution in [0.3, 0.4) is 0 Å². The van der Waals surface area contributed by atoms with Crippen molar-refractivity contribution in [2.24, 2.45) is 0 Å². The Morgan fingerprint density at radius 1 is 1.07 bits per heavy atom. The first kappa shape index (κ1) is 17.9. The van der Waals surface area contributed by atoms with Crippen molar-refractivity contribution in [1.29, 1.82) is 0 Å². The topological polar surface area (TPSA) is 41.7 Å². The molecule has 0 unspecified atom stereocenters. The number of hydrogen-bond acceptors (Lipinski definition) is 5. The molecular weight excluding hydrogens is 362 g/mol. The standard InChI is InChI=1S/C21H22ClN3O2/c1-26-20-7-5-19(6-8-20)25-11-9-24(10-12-25)14-18-15-27-21(23-18)16-3-2-4-17(22)13-16/h2-8,13,15H,9-12,14H2,1H3. The van der Waals surface area contributed by atoms with Crippen molar-refractivity contribution >= 4 is 17.3 Å². The third-order valence-corrected chi connectivity index (χ3v) is 5.05. The molecule has 0 aliphatic carbocycles. The second kappa shape index (κ2) is 8.03. The van der Waals surface area contributed by atoms with Gasteiger partial charge in [-0.3, -0.25) is 4.90 Å². The van der Waals surface area contributed by atoms with Crippen molar-refractivity contribution in [1.82, 2.24) is 9.88 Å². The van der Waals surface area contributed by atoms with Crippen molar-refractivity contribution in [3.05, 3.63) is 65.5 Å². The van der Waals surface area contributed by atoms with E-state index in [2.05, 4.69) is 26.9 Å². The highest BCUT2D eigenvalue weighted by atomic mass is 35.5. The minimum absolute atomic E-state index is 0.615. The molecule has 0 amide bonds. The number of piperazine rings is 1. The van der Waals surface area contributed by atoms with Crippen molar-refractivity contribution in [2.45, 2.75) is 6.54 Å². The van der Waals surface area contributed by atoms with E-state index >= 15 is 0 Å². The van der Waals surface area contributed by atoms with Gasteiger partial charge in [0.2, 0.25) is 5.89 Å². The lowest BCUT2D eigenvalue weighted by atomic mass is 10.2. The molecule has 1 aromatic heterocycles. The fourth-order valence-electron chi connectivity index (χ4n) is 3.32. The van der Waals surface area contributed by atoms with Crippen LogP contribution in [0.15, 0.2) is 59.2 Å². The molecule has 2 heterocycles. The molecule has 0 saturated carbocycles. The number of anilines is 1. The van der Waals surface area contributed by atoms with Gasteiger partial charge in [-0.2, -0.15) is 0 Å². The number of rotatable bonds is 5. The summed E-state index contributed by atoms with van der Waals surface area (Å²) in [6.45, 7) is 4.76. The number of benzene rings is 2. The van der Waals surface area contributed by atoms with E-state index in [4.69, 9.17) is 20.8 Å². The van der Waals surface area contributed by atoms with Crippen LogP contribution in [0.5, 0.6) is 5.75 Å². The molecule has 140 valence electrons. The molecule has 3 aromatic rings. The summed E-state index contributed by atoms with van der Waals surface area (Å²) >= 11 is 6.05. The third-order valence-electron chi connectivity index (χ3n) is 4.82. The molecule has 2 aromatic carbocycles. The van der Waals surface area contributed by atoms with Crippen molar-refractivity contribution in [3.63, 3.8) is 0 Å². The van der Waals surface area contributed by atoms with Crippen LogP contribution in [0, 0.1) is 0 Å². The number of ether oxygens (including phenoxy) is 1. The summed E-state index contributed by atoms with van der Waals surface area (Å²) in [5.41, 5.74) is 3.08. The molecule has 0 N–H and O–H groups in total. The summed E-state index contributed by atoms with van der Waals surface area (Å²) in [7, 11) is 1.69. The molecule has 1 aliphatic heterocycles. The SMILES string of the molecule is COc1ccc(N2CCN(Cc3coc(-c4cccc(Cl)c4)n3)CC2)cc1. The lowest BCUT2D eigenvalue weighted by Gasteiger charge is -2.35. The van der Waals surface area contributed by atoms with Crippen LogP contribution >= 0.6 is 11.6 Å². The van der Waals surface area contributed by atoms with E-state index < -0.39 is 0 Å². The van der Waals surface area contributed by atoms with Crippen LogP contribution < -0.4 is 9.64 Å². The van der Waals surface area contributed by atoms with Gasteiger partial charge in [0.25, 0.3) is 0 Å². The van der Waals surface area contributed by atoms with Gasteiger partial charge in [-0.25, -0.2) is 4.98 Å². The summed E-state index contributed by atoms with van der Waals surface area (Å²) in [4.78, 5) is 9.42. The Morgan fingerprint density at radius 3 is 2.56 bits per heavy atom. The molecule has 1 saturated heterocycles. The predicted octanol–water partition coefficient (Wildman–Crippen LogP) is 4.33. The molecule has 0 atom stereocenters. The smallest absolute Gasteiger partial charge is 0.226 e. The predicted molar refractivity (Wildman–Crippen MR) is 107 cm³/mol. The van der Waals surface area contributed by atoms with Gasteiger partial charge in [-0.05, 0) is 42.5 Å². The highest BCUT2D eigenvalue weighted by Crippen LogP contribution is 2.24. The van der Waals surface area contributed by atoms with Gasteiger partial charge in [0, 0.05) is 49.0 Å². The molecule has 0 radical (unpaired) electrons. The number of aromatic nitrogens is 1. The Kier molecular flexibility index (Phi) is 5.32. The highest BCUT2D eigenvalue weighted by molar-refractivity contribution is 6.30. The zero-order chi connectivity index (χ0) is 18.6. The van der Waals surface area contributed by atoms with E-state index in [0.717, 1.165) is 49.7 Å². The monoisotopic (exact) mass is 383 g/mol. The summed E-state index contributed by atoms with van der Waals surface area (Å²) in [6.07, 6.45) is 1.74. The quantitative estimate of drug-likeness (QED) is 0.656. The van der Waals surface area contributed by atoms with Crippen LogP contribution in [0.25, 0.3) is 11.5 Å². The van der Waals surface area contributed by atoms with E-state index in [1.165, 1.54) is 5.69 Å². The largest absolute Gasteiger partial charge is 0.497 e. The minimum Gasteiger partial charge on any atom is -0.497 e. The lowest BCUT2D eigenvalue weighted by Crippen LogP contribution is -2.46. The van der Waals surface area contributed by atoms with Crippen molar-refractivity contribution < 1.29 is 9.15 Å². The molecule has 4 rings (SSSR count). The van der Waals surface area contributed by atoms with Gasteiger partial charge in [0.15, 0.2) is 0 Å². The second-order valence-electron chi connectivity index (χ2n) is 6.62. The Hall–Kier alpha value is -2.50. The molecule has 5 nitrogen and oxygen atoms in total. The van der Waals surface area contributed by atoms with Crippen molar-refractivity contribution in [2.75, 3.05) is 38.2 Å². The van der Waals surface area contributed by atoms with Crippen LogP contribution in [-0.2, 0) is 6.54 Å². The molecule has 1 aliphatic rings. The van der Waals surface area contributed by atoms with E-state index in [1.54, 1.807) is 13.4 Å². The van der Waals surface area contributed by atoms with Crippen LogP contribution in [-0.4, -0.2) is 43.2 Å². The van der Waals surface area contributed by atoms with E-state index in [1.807, 2.05) is 36.4 Å². The van der Waals surface area contributed by atoms with Gasteiger partial charge in [-0.1, -0.05) is 17.7 Å². The first-order valence-corrected chi connectivity index (χ1v) is 9.41. The van der Waals surface area contributed by atoms with Gasteiger partial charge in [0.05, 0.1) is 12.8 Å². The van der Waals surface area contributed by atoms with E-state index in [-0.39, 0.29) is 0 Å². The average molecular weight is 384 g/mol. The van der Waals surface area contributed by atoms with Gasteiger partial charge in [-0.15, -0.1) is 0 Å². The maximum atomic E-state index is 6.05. The van der Waals surface area contributed by atoms with Crippen molar-refractivity contribution in [3.8, 4) is 17.2 Å². The first-order valence-electron chi connectivity index (χ1n) is 9.03. The number of methoxy groups -OCH3 is 1. The molecule has 27 heavy (non-hydrogen) atoms. The average Bonchev–Trinajstić information content (AvgIpc) is 3.17. The molecule has 0 bridgehead atoms. The Balaban J connectivity index is 1.34. The zero-order valence-electron chi connectivity index (χ0n) is 15.3. The van der Waals surface area contributed by atoms with Crippen LogP contribution in [0.4, 0.5) is 5.69 Å². The Labute approximate surface area is 164 Å². The lowest BCUT2D eigenvalue weighted by molar-refractivity contribution is 0.247. The van der Waals surface area contributed by atoms with Gasteiger partial charge < -0.3 is 14.1 Å². The maximum absolute atomic E-state index is 6.05. The summed E-state index contributed by atoms with van der Waals surface area (Å²) < 4.78 is 10.9. The summed E-state index contributed by atoms with van der Waals surface area (Å²) in [5.74, 6) is 1.50. The Morgan fingerprint density at radius 2 is 1.85 bits per heavy atom. The molecule has 0 spiro atoms. The van der Waals surface area contributed by atoms with E-state index in [9.17, 15) is 0 Å². The minimum atomic E-state index is 0.615. The number of hydrogen-bond donors (Lipinski definition) is 0. The fourth-order valence-corrected chi connectivity index (χ4v) is 3.51. The van der Waals surface area contributed by atoms with Crippen LogP contribution in [0.1, 0.15) is 5.69 Å². The normalized spacial score (nSPS) is 15.1. The second-order valence-corrected chi connectivity index (χ2v) is 7.05. The number of oxazole rings is 1. The van der Waals surface area contributed by atoms with Gasteiger partial charge >= 0.3 is 0 Å². The number of halogens is 1. The van der Waals surface area contributed by atoms with Crippen LogP contribution in [0.2, 0.25) is 5.02 Å². The fraction of sp³-hybridized carbons (Fsp3) is 0.286. The Bertz CT molecular complexity index is 886. The molecule has 6 heteroatoms. The third kappa shape index (κ3) is 4.26.